The van der Waals surface area contributed by atoms with E-state index in [1.165, 1.54) is 15.0 Å². The molecule has 3 nitrogen and oxygen atoms in total. The Bertz CT molecular complexity index is 615. The van der Waals surface area contributed by atoms with Gasteiger partial charge in [-0.05, 0) is 24.6 Å². The molecule has 0 bridgehead atoms. The van der Waals surface area contributed by atoms with Crippen LogP contribution in [-0.2, 0) is 0 Å². The van der Waals surface area contributed by atoms with Crippen molar-refractivity contribution in [1.82, 2.24) is 15.3 Å². The van der Waals surface area contributed by atoms with Gasteiger partial charge in [0.1, 0.15) is 0 Å². The zero-order chi connectivity index (χ0) is 12.4. The van der Waals surface area contributed by atoms with Gasteiger partial charge in [-0.15, -0.1) is 11.3 Å². The van der Waals surface area contributed by atoms with Gasteiger partial charge in [-0.2, -0.15) is 0 Å². The highest BCUT2D eigenvalue weighted by Crippen LogP contribution is 2.31. The van der Waals surface area contributed by atoms with E-state index in [-0.39, 0.29) is 6.04 Å². The van der Waals surface area contributed by atoms with Gasteiger partial charge in [0.15, 0.2) is 0 Å². The van der Waals surface area contributed by atoms with Crippen LogP contribution in [0.4, 0.5) is 0 Å². The van der Waals surface area contributed by atoms with Crippen LogP contribution >= 0.6 is 11.3 Å². The number of rotatable bonds is 3. The number of benzene rings is 1. The van der Waals surface area contributed by atoms with E-state index in [1.54, 1.807) is 23.7 Å². The quantitative estimate of drug-likeness (QED) is 0.781. The zero-order valence-electron chi connectivity index (χ0n) is 10.00. The van der Waals surface area contributed by atoms with Crippen LogP contribution in [0.5, 0.6) is 0 Å². The third kappa shape index (κ3) is 2.00. The lowest BCUT2D eigenvalue weighted by molar-refractivity contribution is 0.678. The van der Waals surface area contributed by atoms with Crippen LogP contribution in [0.2, 0.25) is 0 Å². The first kappa shape index (κ1) is 11.3. The Morgan fingerprint density at radius 3 is 2.83 bits per heavy atom. The lowest BCUT2D eigenvalue weighted by atomic mass is 10.1. The largest absolute Gasteiger partial charge is 0.307 e. The Kier molecular flexibility index (Phi) is 3.04. The summed E-state index contributed by atoms with van der Waals surface area (Å²) in [4.78, 5) is 9.78. The van der Waals surface area contributed by atoms with Crippen LogP contribution < -0.4 is 5.32 Å². The SMILES string of the molecule is CNC(c1cnccn1)c1cc2ccccc2s1. The molecule has 4 heteroatoms. The minimum atomic E-state index is 0.107. The van der Waals surface area contributed by atoms with Crippen molar-refractivity contribution in [2.75, 3.05) is 7.05 Å². The summed E-state index contributed by atoms with van der Waals surface area (Å²) in [6.45, 7) is 0. The van der Waals surface area contributed by atoms with Crippen LogP contribution in [-0.4, -0.2) is 17.0 Å². The van der Waals surface area contributed by atoms with Crippen molar-refractivity contribution in [2.45, 2.75) is 6.04 Å². The molecule has 1 aromatic carbocycles. The minimum absolute atomic E-state index is 0.107. The highest BCUT2D eigenvalue weighted by Gasteiger charge is 2.16. The van der Waals surface area contributed by atoms with E-state index in [9.17, 15) is 0 Å². The number of hydrogen-bond donors (Lipinski definition) is 1. The lowest BCUT2D eigenvalue weighted by Gasteiger charge is -2.12. The standard InChI is InChI=1S/C14H13N3S/c1-15-14(11-9-16-6-7-17-11)13-8-10-4-2-3-5-12(10)18-13/h2-9,14-15H,1H3. The highest BCUT2D eigenvalue weighted by atomic mass is 32.1. The van der Waals surface area contributed by atoms with E-state index in [0.717, 1.165) is 5.69 Å². The Balaban J connectivity index is 2.06. The van der Waals surface area contributed by atoms with E-state index in [0.29, 0.717) is 0 Å². The molecule has 2 aromatic heterocycles. The van der Waals surface area contributed by atoms with E-state index < -0.39 is 0 Å². The molecule has 0 fully saturated rings. The average molecular weight is 255 g/mol. The molecule has 90 valence electrons. The minimum Gasteiger partial charge on any atom is -0.307 e. The fraction of sp³-hybridized carbons (Fsp3) is 0.143. The van der Waals surface area contributed by atoms with E-state index >= 15 is 0 Å². The maximum absolute atomic E-state index is 4.38. The molecule has 0 radical (unpaired) electrons. The van der Waals surface area contributed by atoms with Crippen molar-refractivity contribution >= 4 is 21.4 Å². The van der Waals surface area contributed by atoms with Crippen molar-refractivity contribution in [2.24, 2.45) is 0 Å². The third-order valence-electron chi connectivity index (χ3n) is 2.90. The molecule has 2 heterocycles. The van der Waals surface area contributed by atoms with Crippen molar-refractivity contribution in [3.05, 3.63) is 59.5 Å². The maximum atomic E-state index is 4.38. The second-order valence-corrected chi connectivity index (χ2v) is 5.15. The zero-order valence-corrected chi connectivity index (χ0v) is 10.8. The maximum Gasteiger partial charge on any atom is 0.0858 e. The van der Waals surface area contributed by atoms with Crippen molar-refractivity contribution < 1.29 is 0 Å². The summed E-state index contributed by atoms with van der Waals surface area (Å²) in [5.74, 6) is 0. The molecule has 3 rings (SSSR count). The molecular weight excluding hydrogens is 242 g/mol. The van der Waals surface area contributed by atoms with Crippen LogP contribution in [0.25, 0.3) is 10.1 Å². The Morgan fingerprint density at radius 2 is 2.11 bits per heavy atom. The van der Waals surface area contributed by atoms with Crippen molar-refractivity contribution in [3.8, 4) is 0 Å². The molecule has 1 unspecified atom stereocenters. The fourth-order valence-electron chi connectivity index (χ4n) is 2.04. The second kappa shape index (κ2) is 4.84. The van der Waals surface area contributed by atoms with Gasteiger partial charge < -0.3 is 5.32 Å². The van der Waals surface area contributed by atoms with Gasteiger partial charge in [-0.3, -0.25) is 9.97 Å². The number of aromatic nitrogens is 2. The predicted molar refractivity (Wildman–Crippen MR) is 74.8 cm³/mol. The summed E-state index contributed by atoms with van der Waals surface area (Å²) in [6, 6.07) is 10.7. The molecule has 0 saturated carbocycles. The van der Waals surface area contributed by atoms with E-state index in [4.69, 9.17) is 0 Å². The predicted octanol–water partition coefficient (Wildman–Crippen LogP) is 3.00. The van der Waals surface area contributed by atoms with Gasteiger partial charge in [-0.1, -0.05) is 18.2 Å². The molecule has 18 heavy (non-hydrogen) atoms. The van der Waals surface area contributed by atoms with Crippen LogP contribution in [0.15, 0.2) is 48.9 Å². The Morgan fingerprint density at radius 1 is 1.22 bits per heavy atom. The normalized spacial score (nSPS) is 12.7. The van der Waals surface area contributed by atoms with Crippen LogP contribution in [0.3, 0.4) is 0 Å². The second-order valence-electron chi connectivity index (χ2n) is 4.04. The number of thiophene rings is 1. The monoisotopic (exact) mass is 255 g/mol. The molecule has 0 aliphatic carbocycles. The van der Waals surface area contributed by atoms with Gasteiger partial charge in [0.05, 0.1) is 17.9 Å². The third-order valence-corrected chi connectivity index (χ3v) is 4.08. The molecule has 1 atom stereocenters. The molecule has 0 aliphatic heterocycles. The summed E-state index contributed by atoms with van der Waals surface area (Å²) in [5.41, 5.74) is 0.951. The lowest BCUT2D eigenvalue weighted by Crippen LogP contribution is -2.17. The van der Waals surface area contributed by atoms with Gasteiger partial charge in [0, 0.05) is 22.0 Å². The Hall–Kier alpha value is -1.78. The molecule has 3 aromatic rings. The van der Waals surface area contributed by atoms with E-state index in [2.05, 4.69) is 45.6 Å². The molecule has 0 spiro atoms. The number of nitrogens with one attached hydrogen (secondary N) is 1. The summed E-state index contributed by atoms with van der Waals surface area (Å²) in [6.07, 6.45) is 5.24. The molecule has 0 amide bonds. The summed E-state index contributed by atoms with van der Waals surface area (Å²) in [5, 5.41) is 4.58. The van der Waals surface area contributed by atoms with Gasteiger partial charge >= 0.3 is 0 Å². The van der Waals surface area contributed by atoms with Crippen LogP contribution in [0, 0.1) is 0 Å². The molecule has 0 aliphatic rings. The highest BCUT2D eigenvalue weighted by molar-refractivity contribution is 7.19. The van der Waals surface area contributed by atoms with E-state index in [1.807, 2.05) is 13.2 Å². The smallest absolute Gasteiger partial charge is 0.0858 e. The topological polar surface area (TPSA) is 37.8 Å². The van der Waals surface area contributed by atoms with Gasteiger partial charge in [0.2, 0.25) is 0 Å². The first-order valence-electron chi connectivity index (χ1n) is 5.80. The van der Waals surface area contributed by atoms with Gasteiger partial charge in [0.25, 0.3) is 0 Å². The molecular formula is C14H13N3S. The molecule has 1 N–H and O–H groups in total. The van der Waals surface area contributed by atoms with Crippen LogP contribution in [0.1, 0.15) is 16.6 Å². The summed E-state index contributed by atoms with van der Waals surface area (Å²) >= 11 is 1.79. The van der Waals surface area contributed by atoms with Crippen molar-refractivity contribution in [1.29, 1.82) is 0 Å². The molecule has 0 saturated heterocycles. The fourth-order valence-corrected chi connectivity index (χ4v) is 3.23. The number of hydrogen-bond acceptors (Lipinski definition) is 4. The van der Waals surface area contributed by atoms with Gasteiger partial charge in [-0.25, -0.2) is 0 Å². The first-order chi connectivity index (χ1) is 8.88. The first-order valence-corrected chi connectivity index (χ1v) is 6.62. The summed E-state index contributed by atoms with van der Waals surface area (Å²) < 4.78 is 1.30. The number of fused-ring (bicyclic) bond motifs is 1. The summed E-state index contributed by atoms with van der Waals surface area (Å²) in [7, 11) is 1.95. The van der Waals surface area contributed by atoms with Crippen molar-refractivity contribution in [3.63, 3.8) is 0 Å². The Labute approximate surface area is 110 Å². The average Bonchev–Trinajstić information content (AvgIpc) is 2.84. The number of nitrogens with zero attached hydrogens (tertiary/aromatic N) is 2.